The molecule has 1 saturated carbocycles. The van der Waals surface area contributed by atoms with E-state index in [4.69, 9.17) is 26.2 Å². The van der Waals surface area contributed by atoms with E-state index in [2.05, 4.69) is 6.08 Å². The number of amides is 1. The molecule has 1 fully saturated rings. The Hall–Kier alpha value is -3.57. The molecule has 5 rings (SSSR count). The number of methoxy groups -OCH3 is 2. The third-order valence-corrected chi connectivity index (χ3v) is 6.93. The van der Waals surface area contributed by atoms with E-state index >= 15 is 0 Å². The number of halogens is 1. The van der Waals surface area contributed by atoms with Crippen molar-refractivity contribution in [3.8, 4) is 11.5 Å². The molecule has 6 heteroatoms. The van der Waals surface area contributed by atoms with Crippen LogP contribution >= 0.6 is 11.6 Å². The van der Waals surface area contributed by atoms with Gasteiger partial charge in [-0.1, -0.05) is 41.9 Å². The Kier molecular flexibility index (Phi) is 6.60. The van der Waals surface area contributed by atoms with Gasteiger partial charge in [-0.15, -0.1) is 0 Å². The Morgan fingerprint density at radius 2 is 1.69 bits per heavy atom. The topological polar surface area (TPSA) is 51.1 Å². The van der Waals surface area contributed by atoms with E-state index < -0.39 is 0 Å². The molecule has 0 aromatic heterocycles. The summed E-state index contributed by atoms with van der Waals surface area (Å²) in [6.45, 7) is 0. The Morgan fingerprint density at radius 3 is 2.34 bits per heavy atom. The second kappa shape index (κ2) is 9.96. The van der Waals surface area contributed by atoms with Crippen molar-refractivity contribution in [3.05, 3.63) is 100 Å². The maximum atomic E-state index is 13.7. The molecule has 0 radical (unpaired) electrons. The van der Waals surface area contributed by atoms with Gasteiger partial charge in [-0.25, -0.2) is 5.01 Å². The van der Waals surface area contributed by atoms with Crippen LogP contribution in [0.3, 0.4) is 0 Å². The van der Waals surface area contributed by atoms with Gasteiger partial charge in [0.15, 0.2) is 0 Å². The Bertz CT molecular complexity index is 1280. The van der Waals surface area contributed by atoms with Gasteiger partial charge in [-0.3, -0.25) is 4.79 Å². The number of benzene rings is 3. The smallest absolute Gasteiger partial charge is 0.274 e. The molecular formula is C29H27ClN2O3. The number of rotatable bonds is 5. The van der Waals surface area contributed by atoms with Crippen molar-refractivity contribution in [2.24, 2.45) is 11.0 Å². The number of carbonyl (C=O) groups is 1. The lowest BCUT2D eigenvalue weighted by Crippen LogP contribution is -2.31. The SMILES string of the molecule is COc1ccc(/C=C2\CCC[C@H]3C2=NN(C(=O)c2cccc(Cl)c2)[C@@H]3c2ccc(OC)cc2)cc1. The van der Waals surface area contributed by atoms with Crippen LogP contribution < -0.4 is 9.47 Å². The summed E-state index contributed by atoms with van der Waals surface area (Å²) >= 11 is 6.20. The zero-order valence-corrected chi connectivity index (χ0v) is 20.5. The lowest BCUT2D eigenvalue weighted by molar-refractivity contribution is 0.0681. The summed E-state index contributed by atoms with van der Waals surface area (Å²) in [4.78, 5) is 13.7. The first-order valence-corrected chi connectivity index (χ1v) is 12.1. The standard InChI is InChI=1S/C29H27ClN2O3/c1-34-24-13-9-19(10-14-24)17-21-5-4-8-26-27(21)31-32(29(33)22-6-3-7-23(30)18-22)28(26)20-11-15-25(35-2)16-12-20/h3,6-7,9-18,26,28H,4-5,8H2,1-2H3/b21-17+/t26-,28+/m0/s1. The Morgan fingerprint density at radius 1 is 1.00 bits per heavy atom. The zero-order chi connectivity index (χ0) is 24.4. The largest absolute Gasteiger partial charge is 0.497 e. The number of nitrogens with zero attached hydrogens (tertiary/aromatic N) is 2. The normalized spacial score (nSPS) is 20.4. The summed E-state index contributed by atoms with van der Waals surface area (Å²) in [7, 11) is 3.31. The summed E-state index contributed by atoms with van der Waals surface area (Å²) in [6, 6.07) is 22.8. The molecule has 2 atom stereocenters. The summed E-state index contributed by atoms with van der Waals surface area (Å²) in [6.07, 6.45) is 5.12. The van der Waals surface area contributed by atoms with E-state index in [1.807, 2.05) is 48.5 Å². The fourth-order valence-corrected chi connectivity index (χ4v) is 5.15. The van der Waals surface area contributed by atoms with Crippen molar-refractivity contribution < 1.29 is 14.3 Å². The van der Waals surface area contributed by atoms with E-state index in [0.717, 1.165) is 47.6 Å². The number of ether oxygens (including phenoxy) is 2. The van der Waals surface area contributed by atoms with Crippen LogP contribution in [0.15, 0.2) is 83.5 Å². The predicted molar refractivity (Wildman–Crippen MR) is 139 cm³/mol. The minimum absolute atomic E-state index is 0.116. The van der Waals surface area contributed by atoms with Crippen molar-refractivity contribution in [3.63, 3.8) is 0 Å². The third kappa shape index (κ3) is 4.69. The first kappa shape index (κ1) is 23.2. The molecule has 0 saturated heterocycles. The fraction of sp³-hybridized carbons (Fsp3) is 0.241. The molecule has 5 nitrogen and oxygen atoms in total. The summed E-state index contributed by atoms with van der Waals surface area (Å²) < 4.78 is 10.6. The molecule has 0 spiro atoms. The average molecular weight is 487 g/mol. The third-order valence-electron chi connectivity index (χ3n) is 6.70. The fourth-order valence-electron chi connectivity index (χ4n) is 4.96. The number of fused-ring (bicyclic) bond motifs is 1. The predicted octanol–water partition coefficient (Wildman–Crippen LogP) is 6.79. The second-order valence-corrected chi connectivity index (χ2v) is 9.24. The molecule has 0 bridgehead atoms. The van der Waals surface area contributed by atoms with Crippen molar-refractivity contribution in [1.29, 1.82) is 0 Å². The van der Waals surface area contributed by atoms with Crippen molar-refractivity contribution in [1.82, 2.24) is 5.01 Å². The van der Waals surface area contributed by atoms with Crippen LogP contribution in [0.2, 0.25) is 5.02 Å². The highest BCUT2D eigenvalue weighted by Gasteiger charge is 2.44. The van der Waals surface area contributed by atoms with Gasteiger partial charge in [0.25, 0.3) is 5.91 Å². The molecule has 1 amide bonds. The average Bonchev–Trinajstić information content (AvgIpc) is 3.29. The molecule has 178 valence electrons. The monoisotopic (exact) mass is 486 g/mol. The number of hydrogen-bond acceptors (Lipinski definition) is 4. The van der Waals surface area contributed by atoms with Gasteiger partial charge in [-0.05, 0) is 84.5 Å². The number of carbonyl (C=O) groups excluding carboxylic acids is 1. The highest BCUT2D eigenvalue weighted by Crippen LogP contribution is 2.45. The van der Waals surface area contributed by atoms with E-state index in [1.54, 1.807) is 43.5 Å². The summed E-state index contributed by atoms with van der Waals surface area (Å²) in [5.41, 5.74) is 4.81. The summed E-state index contributed by atoms with van der Waals surface area (Å²) in [5, 5.41) is 7.14. The van der Waals surface area contributed by atoms with Gasteiger partial charge >= 0.3 is 0 Å². The molecule has 1 aliphatic heterocycles. The minimum atomic E-state index is -0.193. The van der Waals surface area contributed by atoms with E-state index in [9.17, 15) is 4.79 Å². The van der Waals surface area contributed by atoms with Crippen LogP contribution in [0.4, 0.5) is 0 Å². The lowest BCUT2D eigenvalue weighted by atomic mass is 9.77. The highest BCUT2D eigenvalue weighted by atomic mass is 35.5. The lowest BCUT2D eigenvalue weighted by Gasteiger charge is -2.29. The Balaban J connectivity index is 1.56. The molecule has 2 aliphatic rings. The van der Waals surface area contributed by atoms with Gasteiger partial charge < -0.3 is 9.47 Å². The van der Waals surface area contributed by atoms with Crippen molar-refractivity contribution in [2.45, 2.75) is 25.3 Å². The minimum Gasteiger partial charge on any atom is -0.497 e. The van der Waals surface area contributed by atoms with Gasteiger partial charge in [0.05, 0.1) is 26.0 Å². The molecular weight excluding hydrogens is 460 g/mol. The zero-order valence-electron chi connectivity index (χ0n) is 19.8. The second-order valence-electron chi connectivity index (χ2n) is 8.80. The van der Waals surface area contributed by atoms with Gasteiger partial charge in [-0.2, -0.15) is 5.10 Å². The number of hydrazone groups is 1. The molecule has 1 aliphatic carbocycles. The first-order chi connectivity index (χ1) is 17.1. The van der Waals surface area contributed by atoms with E-state index in [1.165, 1.54) is 5.57 Å². The Labute approximate surface area is 210 Å². The molecule has 0 N–H and O–H groups in total. The van der Waals surface area contributed by atoms with Crippen molar-refractivity contribution in [2.75, 3.05) is 14.2 Å². The summed E-state index contributed by atoms with van der Waals surface area (Å²) in [5.74, 6) is 1.57. The van der Waals surface area contributed by atoms with Crippen LogP contribution in [0.25, 0.3) is 6.08 Å². The van der Waals surface area contributed by atoms with Crippen LogP contribution in [-0.2, 0) is 0 Å². The first-order valence-electron chi connectivity index (χ1n) is 11.7. The molecule has 0 unspecified atom stereocenters. The molecule has 3 aromatic rings. The maximum Gasteiger partial charge on any atom is 0.274 e. The maximum absolute atomic E-state index is 13.7. The number of allylic oxidation sites excluding steroid dienone is 1. The van der Waals surface area contributed by atoms with Gasteiger partial charge in [0.1, 0.15) is 11.5 Å². The van der Waals surface area contributed by atoms with Crippen LogP contribution in [0.1, 0.15) is 46.8 Å². The van der Waals surface area contributed by atoms with Gasteiger partial charge in [0.2, 0.25) is 0 Å². The van der Waals surface area contributed by atoms with Crippen LogP contribution in [0.5, 0.6) is 11.5 Å². The quantitative estimate of drug-likeness (QED) is 0.398. The molecule has 1 heterocycles. The van der Waals surface area contributed by atoms with E-state index in [0.29, 0.717) is 10.6 Å². The highest BCUT2D eigenvalue weighted by molar-refractivity contribution is 6.31. The molecule has 35 heavy (non-hydrogen) atoms. The van der Waals surface area contributed by atoms with Gasteiger partial charge in [0, 0.05) is 16.5 Å². The van der Waals surface area contributed by atoms with Crippen LogP contribution in [0, 0.1) is 5.92 Å². The van der Waals surface area contributed by atoms with E-state index in [-0.39, 0.29) is 17.9 Å². The molecule has 3 aromatic carbocycles. The van der Waals surface area contributed by atoms with Crippen molar-refractivity contribution >= 4 is 29.3 Å². The van der Waals surface area contributed by atoms with Crippen LogP contribution in [-0.4, -0.2) is 30.8 Å². The number of hydrogen-bond donors (Lipinski definition) is 0.